The normalized spacial score (nSPS) is 27.4. The molecule has 0 aliphatic carbocycles. The Labute approximate surface area is 126 Å². The molecule has 0 radical (unpaired) electrons. The Kier molecular flexibility index (Phi) is 4.36. The van der Waals surface area contributed by atoms with E-state index in [0.29, 0.717) is 31.7 Å². The summed E-state index contributed by atoms with van der Waals surface area (Å²) in [7, 11) is 0. The highest BCUT2D eigenvalue weighted by molar-refractivity contribution is 5.44. The third-order valence-corrected chi connectivity index (χ3v) is 4.61. The summed E-state index contributed by atoms with van der Waals surface area (Å²) in [5.41, 5.74) is 0.907. The summed E-state index contributed by atoms with van der Waals surface area (Å²) in [5.74, 6) is 2.24. The average Bonchev–Trinajstić information content (AvgIpc) is 2.50. The molecule has 116 valence electrons. The second-order valence-corrected chi connectivity index (χ2v) is 6.40. The lowest BCUT2D eigenvalue weighted by atomic mass is 9.94. The number of ether oxygens (including phenoxy) is 2. The van der Waals surface area contributed by atoms with Crippen molar-refractivity contribution in [1.82, 2.24) is 4.90 Å². The van der Waals surface area contributed by atoms with Crippen LogP contribution in [0.2, 0.25) is 0 Å². The quantitative estimate of drug-likeness (QED) is 0.929. The Balaban J connectivity index is 1.68. The van der Waals surface area contributed by atoms with E-state index in [2.05, 4.69) is 18.7 Å². The highest BCUT2D eigenvalue weighted by Crippen LogP contribution is 2.33. The predicted octanol–water partition coefficient (Wildman–Crippen LogP) is 2.61. The molecule has 2 heterocycles. The van der Waals surface area contributed by atoms with Crippen LogP contribution in [0.15, 0.2) is 18.2 Å². The topological polar surface area (TPSA) is 41.9 Å². The van der Waals surface area contributed by atoms with Gasteiger partial charge in [-0.3, -0.25) is 4.90 Å². The number of fused-ring (bicyclic) bond motifs is 1. The predicted molar refractivity (Wildman–Crippen MR) is 81.8 cm³/mol. The monoisotopic (exact) mass is 291 g/mol. The first-order valence-corrected chi connectivity index (χ1v) is 7.95. The van der Waals surface area contributed by atoms with Gasteiger partial charge < -0.3 is 14.6 Å². The van der Waals surface area contributed by atoms with Crippen molar-refractivity contribution in [3.05, 3.63) is 23.8 Å². The molecule has 4 heteroatoms. The number of hydrogen-bond acceptors (Lipinski definition) is 4. The van der Waals surface area contributed by atoms with E-state index in [-0.39, 0.29) is 0 Å². The molecule has 1 N–H and O–H groups in total. The van der Waals surface area contributed by atoms with Gasteiger partial charge in [0.25, 0.3) is 0 Å². The van der Waals surface area contributed by atoms with Crippen LogP contribution in [-0.4, -0.2) is 42.4 Å². The number of nitrogens with zero attached hydrogens (tertiary/aromatic N) is 1. The number of aliphatic hydroxyl groups excluding tert-OH is 1. The summed E-state index contributed by atoms with van der Waals surface area (Å²) in [6, 6.07) is 6.30. The molecule has 1 aromatic rings. The fourth-order valence-corrected chi connectivity index (χ4v) is 3.23. The molecule has 0 spiro atoms. The van der Waals surface area contributed by atoms with Crippen molar-refractivity contribution < 1.29 is 14.6 Å². The van der Waals surface area contributed by atoms with E-state index in [4.69, 9.17) is 9.47 Å². The van der Waals surface area contributed by atoms with Crippen LogP contribution in [0.4, 0.5) is 0 Å². The molecule has 0 amide bonds. The van der Waals surface area contributed by atoms with E-state index < -0.39 is 6.10 Å². The van der Waals surface area contributed by atoms with Gasteiger partial charge in [0.15, 0.2) is 11.5 Å². The second-order valence-electron chi connectivity index (χ2n) is 6.40. The van der Waals surface area contributed by atoms with Crippen LogP contribution in [-0.2, 0) is 0 Å². The molecule has 1 fully saturated rings. The Bertz CT molecular complexity index is 491. The van der Waals surface area contributed by atoms with Crippen LogP contribution in [0.3, 0.4) is 0 Å². The zero-order valence-corrected chi connectivity index (χ0v) is 12.9. The van der Waals surface area contributed by atoms with E-state index >= 15 is 0 Å². The summed E-state index contributed by atoms with van der Waals surface area (Å²) in [4.78, 5) is 2.40. The minimum atomic E-state index is -0.478. The Morgan fingerprint density at radius 2 is 1.95 bits per heavy atom. The van der Waals surface area contributed by atoms with E-state index in [1.54, 1.807) is 0 Å². The van der Waals surface area contributed by atoms with Gasteiger partial charge in [0.2, 0.25) is 0 Å². The molecular formula is C17H25NO3. The maximum atomic E-state index is 10.5. The molecule has 0 aromatic heterocycles. The van der Waals surface area contributed by atoms with Crippen LogP contribution >= 0.6 is 0 Å². The van der Waals surface area contributed by atoms with Crippen molar-refractivity contribution in [2.24, 2.45) is 5.92 Å². The fourth-order valence-electron chi connectivity index (χ4n) is 3.23. The first-order valence-electron chi connectivity index (χ1n) is 7.95. The number of piperidine rings is 1. The minimum absolute atomic E-state index is 0.478. The van der Waals surface area contributed by atoms with Crippen molar-refractivity contribution in [3.8, 4) is 11.5 Å². The standard InChI is InChI=1S/C17H25NO3/c1-12-3-4-13(2)18(10-12)11-15(19)14-5-6-16-17(9-14)21-8-7-20-16/h5-6,9,12-13,15,19H,3-4,7-8,10-11H2,1-2H3. The molecular weight excluding hydrogens is 266 g/mol. The Morgan fingerprint density at radius 1 is 1.19 bits per heavy atom. The number of aliphatic hydroxyl groups is 1. The third kappa shape index (κ3) is 3.33. The van der Waals surface area contributed by atoms with Gasteiger partial charge >= 0.3 is 0 Å². The molecule has 0 saturated carbocycles. The fraction of sp³-hybridized carbons (Fsp3) is 0.647. The summed E-state index contributed by atoms with van der Waals surface area (Å²) < 4.78 is 11.1. The van der Waals surface area contributed by atoms with E-state index in [0.717, 1.165) is 23.6 Å². The van der Waals surface area contributed by atoms with Gasteiger partial charge in [-0.2, -0.15) is 0 Å². The highest BCUT2D eigenvalue weighted by Gasteiger charge is 2.25. The van der Waals surface area contributed by atoms with Gasteiger partial charge in [0.1, 0.15) is 13.2 Å². The summed E-state index contributed by atoms with van der Waals surface area (Å²) in [6.07, 6.45) is 2.03. The number of likely N-dealkylation sites (tertiary alicyclic amines) is 1. The maximum absolute atomic E-state index is 10.5. The van der Waals surface area contributed by atoms with Gasteiger partial charge in [-0.05, 0) is 43.4 Å². The van der Waals surface area contributed by atoms with Gasteiger partial charge in [-0.25, -0.2) is 0 Å². The van der Waals surface area contributed by atoms with Crippen LogP contribution in [0.25, 0.3) is 0 Å². The van der Waals surface area contributed by atoms with Crippen LogP contribution in [0.1, 0.15) is 38.4 Å². The number of benzene rings is 1. The summed E-state index contributed by atoms with van der Waals surface area (Å²) >= 11 is 0. The molecule has 3 rings (SSSR count). The first kappa shape index (κ1) is 14.7. The van der Waals surface area contributed by atoms with Crippen LogP contribution in [0.5, 0.6) is 11.5 Å². The Morgan fingerprint density at radius 3 is 2.76 bits per heavy atom. The first-order chi connectivity index (χ1) is 10.1. The smallest absolute Gasteiger partial charge is 0.161 e. The zero-order valence-electron chi connectivity index (χ0n) is 12.9. The van der Waals surface area contributed by atoms with Gasteiger partial charge in [-0.1, -0.05) is 13.0 Å². The molecule has 4 nitrogen and oxygen atoms in total. The number of hydrogen-bond donors (Lipinski definition) is 1. The van der Waals surface area contributed by atoms with Crippen molar-refractivity contribution in [2.75, 3.05) is 26.3 Å². The van der Waals surface area contributed by atoms with Gasteiger partial charge in [0, 0.05) is 19.1 Å². The lowest BCUT2D eigenvalue weighted by Gasteiger charge is -2.38. The summed E-state index contributed by atoms with van der Waals surface area (Å²) in [6.45, 7) is 7.47. The van der Waals surface area contributed by atoms with Crippen LogP contribution in [0, 0.1) is 5.92 Å². The lowest BCUT2D eigenvalue weighted by molar-refractivity contribution is 0.0565. The lowest BCUT2D eigenvalue weighted by Crippen LogP contribution is -2.43. The molecule has 2 aliphatic heterocycles. The maximum Gasteiger partial charge on any atom is 0.161 e. The number of β-amino-alcohol motifs (C(OH)–C–C–N with tert-alkyl or cyclic N) is 1. The molecule has 1 saturated heterocycles. The van der Waals surface area contributed by atoms with Gasteiger partial charge in [-0.15, -0.1) is 0 Å². The van der Waals surface area contributed by atoms with Crippen LogP contribution < -0.4 is 9.47 Å². The largest absolute Gasteiger partial charge is 0.486 e. The second kappa shape index (κ2) is 6.24. The third-order valence-electron chi connectivity index (χ3n) is 4.61. The highest BCUT2D eigenvalue weighted by atomic mass is 16.6. The van der Waals surface area contributed by atoms with Crippen molar-refractivity contribution in [3.63, 3.8) is 0 Å². The molecule has 3 unspecified atom stereocenters. The zero-order chi connectivity index (χ0) is 14.8. The van der Waals surface area contributed by atoms with Gasteiger partial charge in [0.05, 0.1) is 6.10 Å². The summed E-state index contributed by atoms with van der Waals surface area (Å²) in [5, 5.41) is 10.5. The molecule has 1 aromatic carbocycles. The average molecular weight is 291 g/mol. The van der Waals surface area contributed by atoms with E-state index in [1.807, 2.05) is 18.2 Å². The van der Waals surface area contributed by atoms with E-state index in [9.17, 15) is 5.11 Å². The van der Waals surface area contributed by atoms with Crippen molar-refractivity contribution in [1.29, 1.82) is 0 Å². The van der Waals surface area contributed by atoms with Crippen molar-refractivity contribution in [2.45, 2.75) is 38.8 Å². The molecule has 2 aliphatic rings. The molecule has 3 atom stereocenters. The van der Waals surface area contributed by atoms with Crippen molar-refractivity contribution >= 4 is 0 Å². The molecule has 21 heavy (non-hydrogen) atoms. The minimum Gasteiger partial charge on any atom is -0.486 e. The SMILES string of the molecule is CC1CCC(C)N(CC(O)c2ccc3c(c2)OCCO3)C1. The number of rotatable bonds is 3. The van der Waals surface area contributed by atoms with E-state index in [1.165, 1.54) is 12.8 Å². The Hall–Kier alpha value is -1.26. The molecule has 0 bridgehead atoms.